The zero-order chi connectivity index (χ0) is 9.68. The summed E-state index contributed by atoms with van der Waals surface area (Å²) >= 11 is 0. The van der Waals surface area contributed by atoms with Gasteiger partial charge < -0.3 is 14.2 Å². The number of hydrogen-bond donors (Lipinski definition) is 0. The van der Waals surface area contributed by atoms with Crippen molar-refractivity contribution in [1.29, 1.82) is 0 Å². The van der Waals surface area contributed by atoms with Gasteiger partial charge in [0.25, 0.3) is 6.35 Å². The third-order valence-electron chi connectivity index (χ3n) is 1.74. The topological polar surface area (TPSA) is 52.4 Å². The van der Waals surface area contributed by atoms with E-state index >= 15 is 0 Å². The molecule has 0 radical (unpaired) electrons. The Hall–Kier alpha value is -1.10. The molecule has 0 aromatic heterocycles. The summed E-state index contributed by atoms with van der Waals surface area (Å²) in [4.78, 5) is 8.23. The second kappa shape index (κ2) is 4.81. The maximum absolute atomic E-state index is 5.04. The summed E-state index contributed by atoms with van der Waals surface area (Å²) in [5, 5.41) is 0. The lowest BCUT2D eigenvalue weighted by atomic mass is 10.3. The highest BCUT2D eigenvalue weighted by atomic mass is 16.5. The number of nitrogens with zero attached hydrogens (tertiary/aromatic N) is 2. The second-order valence-corrected chi connectivity index (χ2v) is 2.52. The molecule has 0 atom stereocenters. The van der Waals surface area contributed by atoms with Crippen LogP contribution in [0.1, 0.15) is 12.8 Å². The minimum atomic E-state index is -0.535. The van der Waals surface area contributed by atoms with Gasteiger partial charge in [-0.15, -0.1) is 0 Å². The Bertz CT molecular complexity index is 203. The van der Waals surface area contributed by atoms with E-state index in [-0.39, 0.29) is 0 Å². The Kier molecular flexibility index (Phi) is 3.70. The van der Waals surface area contributed by atoms with E-state index < -0.39 is 6.35 Å². The van der Waals surface area contributed by atoms with Crippen LogP contribution in [0.25, 0.3) is 0 Å². The maximum atomic E-state index is 5.04. The molecule has 0 N–H and O–H groups in total. The largest absolute Gasteiger partial charge is 0.484 e. The van der Waals surface area contributed by atoms with E-state index in [0.29, 0.717) is 24.6 Å². The zero-order valence-corrected chi connectivity index (χ0v) is 8.11. The predicted octanol–water partition coefficient (Wildman–Crippen LogP) is 0.800. The molecule has 1 aliphatic heterocycles. The Morgan fingerprint density at radius 2 is 1.46 bits per heavy atom. The summed E-state index contributed by atoms with van der Waals surface area (Å²) in [6.45, 7) is 0. The molecule has 0 spiro atoms. The van der Waals surface area contributed by atoms with Crippen molar-refractivity contribution in [3.05, 3.63) is 0 Å². The molecular formula is C8H14N2O3. The molecule has 13 heavy (non-hydrogen) atoms. The fourth-order valence-corrected chi connectivity index (χ4v) is 1.03. The molecule has 0 amide bonds. The van der Waals surface area contributed by atoms with Gasteiger partial charge in [-0.2, -0.15) is 0 Å². The Morgan fingerprint density at radius 1 is 1.00 bits per heavy atom. The highest BCUT2D eigenvalue weighted by molar-refractivity contribution is 5.85. The van der Waals surface area contributed by atoms with Crippen molar-refractivity contribution in [2.75, 3.05) is 21.3 Å². The molecule has 1 rings (SSSR count). The molecule has 0 bridgehead atoms. The first kappa shape index (κ1) is 9.98. The van der Waals surface area contributed by atoms with Gasteiger partial charge in [0, 0.05) is 20.0 Å². The monoisotopic (exact) mass is 186 g/mol. The fourth-order valence-electron chi connectivity index (χ4n) is 1.03. The van der Waals surface area contributed by atoms with Crippen LogP contribution in [0.5, 0.6) is 0 Å². The van der Waals surface area contributed by atoms with Gasteiger partial charge in [-0.1, -0.05) is 0 Å². The van der Waals surface area contributed by atoms with Crippen molar-refractivity contribution in [3.8, 4) is 0 Å². The average Bonchev–Trinajstić information content (AvgIpc) is 2.39. The van der Waals surface area contributed by atoms with Crippen LogP contribution in [-0.2, 0) is 14.2 Å². The quantitative estimate of drug-likeness (QED) is 0.608. The van der Waals surface area contributed by atoms with Gasteiger partial charge in [0.2, 0.25) is 0 Å². The minimum Gasteiger partial charge on any atom is -0.484 e. The Balaban J connectivity index is 2.71. The molecule has 0 aromatic carbocycles. The van der Waals surface area contributed by atoms with Gasteiger partial charge in [-0.05, 0) is 0 Å². The molecule has 0 saturated heterocycles. The Labute approximate surface area is 77.4 Å². The number of rotatable bonds is 1. The molecule has 0 saturated carbocycles. The van der Waals surface area contributed by atoms with Crippen LogP contribution in [0.15, 0.2) is 9.98 Å². The first-order valence-corrected chi connectivity index (χ1v) is 4.04. The highest BCUT2D eigenvalue weighted by Crippen LogP contribution is 2.09. The van der Waals surface area contributed by atoms with E-state index in [1.54, 1.807) is 21.3 Å². The van der Waals surface area contributed by atoms with Crippen LogP contribution < -0.4 is 0 Å². The predicted molar refractivity (Wildman–Crippen MR) is 48.9 cm³/mol. The number of ether oxygens (including phenoxy) is 3. The molecule has 0 unspecified atom stereocenters. The third kappa shape index (κ3) is 2.69. The minimum absolute atomic E-state index is 0.535. The molecule has 5 nitrogen and oxygen atoms in total. The molecule has 0 aromatic rings. The standard InChI is InChI=1S/C8H14N2O3/c1-11-6-4-5-7(12-2)10-8(9-6)13-3/h8H,4-5H2,1-3H3. The number of hydrogen-bond acceptors (Lipinski definition) is 5. The van der Waals surface area contributed by atoms with Crippen molar-refractivity contribution >= 4 is 11.8 Å². The van der Waals surface area contributed by atoms with E-state index in [0.717, 1.165) is 0 Å². The summed E-state index contributed by atoms with van der Waals surface area (Å²) in [7, 11) is 4.72. The molecule has 74 valence electrons. The smallest absolute Gasteiger partial charge is 0.251 e. The van der Waals surface area contributed by atoms with Gasteiger partial charge in [0.1, 0.15) is 0 Å². The summed E-state index contributed by atoms with van der Waals surface area (Å²) in [5.41, 5.74) is 0. The summed E-state index contributed by atoms with van der Waals surface area (Å²) in [6, 6.07) is 0. The van der Waals surface area contributed by atoms with Crippen LogP contribution in [0.4, 0.5) is 0 Å². The van der Waals surface area contributed by atoms with Gasteiger partial charge in [0.15, 0.2) is 11.8 Å². The van der Waals surface area contributed by atoms with Crippen LogP contribution in [0.2, 0.25) is 0 Å². The van der Waals surface area contributed by atoms with Crippen molar-refractivity contribution in [2.24, 2.45) is 9.98 Å². The summed E-state index contributed by atoms with van der Waals surface area (Å²) < 4.78 is 15.1. The van der Waals surface area contributed by atoms with Crippen molar-refractivity contribution < 1.29 is 14.2 Å². The first-order valence-electron chi connectivity index (χ1n) is 4.04. The average molecular weight is 186 g/mol. The normalized spacial score (nSPS) is 18.7. The number of aliphatic imine (C=N–C) groups is 2. The van der Waals surface area contributed by atoms with Gasteiger partial charge in [-0.25, -0.2) is 9.98 Å². The van der Waals surface area contributed by atoms with Crippen LogP contribution >= 0.6 is 0 Å². The van der Waals surface area contributed by atoms with Crippen molar-refractivity contribution in [3.63, 3.8) is 0 Å². The molecular weight excluding hydrogens is 172 g/mol. The lowest BCUT2D eigenvalue weighted by molar-refractivity contribution is 0.114. The van der Waals surface area contributed by atoms with E-state index in [1.807, 2.05) is 0 Å². The van der Waals surface area contributed by atoms with Gasteiger partial charge in [-0.3, -0.25) is 0 Å². The van der Waals surface area contributed by atoms with E-state index in [2.05, 4.69) is 9.98 Å². The number of methoxy groups -OCH3 is 3. The van der Waals surface area contributed by atoms with E-state index in [4.69, 9.17) is 14.2 Å². The lowest BCUT2D eigenvalue weighted by Crippen LogP contribution is -2.08. The SMILES string of the molecule is COC1=NC(OC)N=C(OC)CC1. The van der Waals surface area contributed by atoms with Crippen LogP contribution in [-0.4, -0.2) is 39.5 Å². The summed E-state index contributed by atoms with van der Waals surface area (Å²) in [5.74, 6) is 1.28. The third-order valence-corrected chi connectivity index (χ3v) is 1.74. The maximum Gasteiger partial charge on any atom is 0.251 e. The van der Waals surface area contributed by atoms with E-state index in [1.165, 1.54) is 0 Å². The summed E-state index contributed by atoms with van der Waals surface area (Å²) in [6.07, 6.45) is 0.860. The highest BCUT2D eigenvalue weighted by Gasteiger charge is 2.14. The lowest BCUT2D eigenvalue weighted by Gasteiger charge is -2.05. The van der Waals surface area contributed by atoms with Crippen molar-refractivity contribution in [2.45, 2.75) is 19.2 Å². The first-order chi connectivity index (χ1) is 6.30. The molecule has 1 heterocycles. The molecule has 1 aliphatic rings. The van der Waals surface area contributed by atoms with Crippen LogP contribution in [0.3, 0.4) is 0 Å². The van der Waals surface area contributed by atoms with E-state index in [9.17, 15) is 0 Å². The fraction of sp³-hybridized carbons (Fsp3) is 0.750. The molecule has 0 aliphatic carbocycles. The van der Waals surface area contributed by atoms with Crippen LogP contribution in [0, 0.1) is 0 Å². The second-order valence-electron chi connectivity index (χ2n) is 2.52. The van der Waals surface area contributed by atoms with Crippen molar-refractivity contribution in [1.82, 2.24) is 0 Å². The van der Waals surface area contributed by atoms with Gasteiger partial charge in [0.05, 0.1) is 14.2 Å². The zero-order valence-electron chi connectivity index (χ0n) is 8.11. The Morgan fingerprint density at radius 3 is 1.77 bits per heavy atom. The molecule has 5 heteroatoms. The van der Waals surface area contributed by atoms with Gasteiger partial charge >= 0.3 is 0 Å². The molecule has 0 fully saturated rings.